The van der Waals surface area contributed by atoms with Gasteiger partial charge in [0.05, 0.1) is 38.9 Å². The van der Waals surface area contributed by atoms with Gasteiger partial charge in [0.1, 0.15) is 0 Å². The van der Waals surface area contributed by atoms with Gasteiger partial charge in [-0.05, 0) is 60.9 Å². The van der Waals surface area contributed by atoms with Crippen molar-refractivity contribution in [1.82, 2.24) is 0 Å². The van der Waals surface area contributed by atoms with E-state index in [1.807, 2.05) is 0 Å². The van der Waals surface area contributed by atoms with E-state index in [1.165, 1.54) is 26.4 Å². The molecule has 2 N–H and O–H groups in total. The predicted molar refractivity (Wildman–Crippen MR) is 116 cm³/mol. The molecule has 1 aliphatic rings. The number of carbonyl (C=O) groups is 2. The van der Waals surface area contributed by atoms with Crippen LogP contribution in [-0.2, 0) is 19.1 Å². The van der Waals surface area contributed by atoms with Crippen LogP contribution in [0.15, 0.2) is 35.9 Å². The van der Waals surface area contributed by atoms with Crippen molar-refractivity contribution in [1.29, 1.82) is 0 Å². The summed E-state index contributed by atoms with van der Waals surface area (Å²) in [6, 6.07) is 7.76. The maximum atomic E-state index is 13.1. The molecule has 0 saturated heterocycles. The summed E-state index contributed by atoms with van der Waals surface area (Å²) in [6.07, 6.45) is 1.56. The Labute approximate surface area is 186 Å². The first kappa shape index (κ1) is 23.0. The van der Waals surface area contributed by atoms with E-state index in [0.717, 1.165) is 0 Å². The standard InChI is InChI=1S/C24H26O8/c1-5-31-23(27)16-9-14-11-20(30-4)18(26)12-15(14)21(22(16)24(28)32-6-2)13-7-8-17(25)19(10-13)29-3/h7-12,21-22,25-26H,5-6H2,1-4H3/t21-,22-/m0/s1. The Morgan fingerprint density at radius 2 is 1.56 bits per heavy atom. The number of aromatic hydroxyl groups is 2. The summed E-state index contributed by atoms with van der Waals surface area (Å²) >= 11 is 0. The van der Waals surface area contributed by atoms with Gasteiger partial charge in [-0.25, -0.2) is 4.79 Å². The van der Waals surface area contributed by atoms with Crippen LogP contribution in [0.1, 0.15) is 36.5 Å². The molecule has 0 spiro atoms. The fourth-order valence-corrected chi connectivity index (χ4v) is 3.93. The minimum absolute atomic E-state index is 0.0706. The number of ether oxygens (including phenoxy) is 4. The fourth-order valence-electron chi connectivity index (χ4n) is 3.93. The monoisotopic (exact) mass is 442 g/mol. The Morgan fingerprint density at radius 3 is 2.19 bits per heavy atom. The van der Waals surface area contributed by atoms with Crippen LogP contribution in [0.5, 0.6) is 23.0 Å². The van der Waals surface area contributed by atoms with Gasteiger partial charge in [0.25, 0.3) is 0 Å². The summed E-state index contributed by atoms with van der Waals surface area (Å²) in [5, 5.41) is 20.5. The van der Waals surface area contributed by atoms with Gasteiger partial charge in [0, 0.05) is 5.92 Å². The Kier molecular flexibility index (Phi) is 6.92. The van der Waals surface area contributed by atoms with Crippen LogP contribution in [0.4, 0.5) is 0 Å². The van der Waals surface area contributed by atoms with Gasteiger partial charge >= 0.3 is 11.9 Å². The van der Waals surface area contributed by atoms with Gasteiger partial charge in [-0.15, -0.1) is 0 Å². The highest BCUT2D eigenvalue weighted by molar-refractivity contribution is 6.02. The van der Waals surface area contributed by atoms with Crippen molar-refractivity contribution in [3.8, 4) is 23.0 Å². The van der Waals surface area contributed by atoms with E-state index in [1.54, 1.807) is 38.1 Å². The summed E-state index contributed by atoms with van der Waals surface area (Å²) in [4.78, 5) is 26.0. The molecule has 0 fully saturated rings. The lowest BCUT2D eigenvalue weighted by Gasteiger charge is -2.33. The molecule has 3 rings (SSSR count). The number of carbonyl (C=O) groups excluding carboxylic acids is 2. The number of hydrogen-bond donors (Lipinski definition) is 2. The third-order valence-electron chi connectivity index (χ3n) is 5.31. The number of hydrogen-bond acceptors (Lipinski definition) is 8. The average molecular weight is 442 g/mol. The largest absolute Gasteiger partial charge is 0.504 e. The molecule has 0 bridgehead atoms. The van der Waals surface area contributed by atoms with Crippen molar-refractivity contribution in [2.45, 2.75) is 19.8 Å². The van der Waals surface area contributed by atoms with Crippen LogP contribution in [0.2, 0.25) is 0 Å². The number of methoxy groups -OCH3 is 2. The maximum Gasteiger partial charge on any atom is 0.334 e. The first-order valence-corrected chi connectivity index (χ1v) is 10.2. The first-order chi connectivity index (χ1) is 15.4. The minimum Gasteiger partial charge on any atom is -0.504 e. The van der Waals surface area contributed by atoms with Crippen LogP contribution in [-0.4, -0.2) is 49.6 Å². The van der Waals surface area contributed by atoms with Crippen LogP contribution in [0, 0.1) is 5.92 Å². The molecule has 0 heterocycles. The number of fused-ring (bicyclic) bond motifs is 1. The fraction of sp³-hybridized carbons (Fsp3) is 0.333. The van der Waals surface area contributed by atoms with Gasteiger partial charge in [0.2, 0.25) is 0 Å². The SMILES string of the molecule is CCOC(=O)C1=Cc2cc(OC)c(O)cc2[C@H](c2ccc(O)c(OC)c2)[C@H]1C(=O)OCC. The normalized spacial score (nSPS) is 17.1. The van der Waals surface area contributed by atoms with Crippen molar-refractivity contribution in [2.24, 2.45) is 5.92 Å². The van der Waals surface area contributed by atoms with Gasteiger partial charge in [0.15, 0.2) is 23.0 Å². The van der Waals surface area contributed by atoms with Gasteiger partial charge < -0.3 is 29.2 Å². The second-order valence-corrected chi connectivity index (χ2v) is 7.11. The first-order valence-electron chi connectivity index (χ1n) is 10.2. The minimum atomic E-state index is -1.04. The molecule has 2 atom stereocenters. The molecular formula is C24H26O8. The number of benzene rings is 2. The van der Waals surface area contributed by atoms with E-state index < -0.39 is 23.8 Å². The Morgan fingerprint density at radius 1 is 0.906 bits per heavy atom. The highest BCUT2D eigenvalue weighted by Crippen LogP contribution is 2.48. The second-order valence-electron chi connectivity index (χ2n) is 7.11. The van der Waals surface area contributed by atoms with Crippen LogP contribution >= 0.6 is 0 Å². The lowest BCUT2D eigenvalue weighted by molar-refractivity contribution is -0.150. The third-order valence-corrected chi connectivity index (χ3v) is 5.31. The maximum absolute atomic E-state index is 13.1. The molecule has 0 amide bonds. The molecular weight excluding hydrogens is 416 g/mol. The molecule has 8 heteroatoms. The Hall–Kier alpha value is -3.68. The molecule has 0 radical (unpaired) electrons. The average Bonchev–Trinajstić information content (AvgIpc) is 2.78. The van der Waals surface area contributed by atoms with E-state index in [0.29, 0.717) is 16.7 Å². The molecule has 2 aromatic rings. The van der Waals surface area contributed by atoms with E-state index in [-0.39, 0.29) is 41.8 Å². The van der Waals surface area contributed by atoms with Crippen LogP contribution in [0.3, 0.4) is 0 Å². The number of phenolic OH excluding ortho intramolecular Hbond substituents is 2. The molecule has 0 aliphatic heterocycles. The summed E-state index contributed by atoms with van der Waals surface area (Å²) < 4.78 is 21.0. The van der Waals surface area contributed by atoms with Crippen molar-refractivity contribution < 1.29 is 38.7 Å². The van der Waals surface area contributed by atoms with Gasteiger partial charge in [-0.3, -0.25) is 4.79 Å². The third kappa shape index (κ3) is 4.21. The molecule has 170 valence electrons. The Bertz CT molecular complexity index is 1060. The molecule has 0 saturated carbocycles. The zero-order valence-corrected chi connectivity index (χ0v) is 18.4. The molecule has 32 heavy (non-hydrogen) atoms. The quantitative estimate of drug-likeness (QED) is 0.628. The number of rotatable bonds is 7. The number of esters is 2. The second kappa shape index (κ2) is 9.64. The van der Waals surface area contributed by atoms with Gasteiger partial charge in [-0.1, -0.05) is 6.07 Å². The van der Waals surface area contributed by atoms with E-state index in [2.05, 4.69) is 0 Å². The zero-order chi connectivity index (χ0) is 23.4. The Balaban J connectivity index is 2.31. The topological polar surface area (TPSA) is 112 Å². The van der Waals surface area contributed by atoms with Crippen LogP contribution < -0.4 is 9.47 Å². The molecule has 0 aromatic heterocycles. The summed E-state index contributed by atoms with van der Waals surface area (Å²) in [5.74, 6) is -2.76. The summed E-state index contributed by atoms with van der Waals surface area (Å²) in [6.45, 7) is 3.61. The predicted octanol–water partition coefficient (Wildman–Crippen LogP) is 3.39. The van der Waals surface area contributed by atoms with Crippen molar-refractivity contribution in [2.75, 3.05) is 27.4 Å². The van der Waals surface area contributed by atoms with E-state index in [4.69, 9.17) is 18.9 Å². The summed E-state index contributed by atoms with van der Waals surface area (Å²) in [5.41, 5.74) is 1.88. The molecule has 0 unspecified atom stereocenters. The summed E-state index contributed by atoms with van der Waals surface area (Å²) in [7, 11) is 2.83. The van der Waals surface area contributed by atoms with Gasteiger partial charge in [-0.2, -0.15) is 0 Å². The smallest absolute Gasteiger partial charge is 0.334 e. The highest BCUT2D eigenvalue weighted by Gasteiger charge is 2.43. The van der Waals surface area contributed by atoms with Crippen molar-refractivity contribution >= 4 is 18.0 Å². The lowest BCUT2D eigenvalue weighted by atomic mass is 9.71. The lowest BCUT2D eigenvalue weighted by Crippen LogP contribution is -2.33. The highest BCUT2D eigenvalue weighted by atomic mass is 16.5. The van der Waals surface area contributed by atoms with E-state index >= 15 is 0 Å². The van der Waals surface area contributed by atoms with Crippen molar-refractivity contribution in [3.63, 3.8) is 0 Å². The zero-order valence-electron chi connectivity index (χ0n) is 18.4. The van der Waals surface area contributed by atoms with Crippen LogP contribution in [0.25, 0.3) is 6.08 Å². The van der Waals surface area contributed by atoms with Crippen molar-refractivity contribution in [3.05, 3.63) is 52.6 Å². The number of phenols is 2. The molecule has 8 nitrogen and oxygen atoms in total. The van der Waals surface area contributed by atoms with E-state index in [9.17, 15) is 19.8 Å². The molecule has 1 aliphatic carbocycles. The molecule has 2 aromatic carbocycles.